The van der Waals surface area contributed by atoms with E-state index in [0.717, 1.165) is 40.4 Å². The zero-order chi connectivity index (χ0) is 18.2. The molecule has 132 valence electrons. The fourth-order valence-electron chi connectivity index (χ4n) is 3.80. The summed E-state index contributed by atoms with van der Waals surface area (Å²) in [5, 5.41) is 9.05. The maximum absolute atomic E-state index is 4.93. The summed E-state index contributed by atoms with van der Waals surface area (Å²) >= 11 is 0. The van der Waals surface area contributed by atoms with Crippen molar-refractivity contribution in [1.29, 1.82) is 0 Å². The number of fused-ring (bicyclic) bond motifs is 2. The first kappa shape index (κ1) is 15.9. The van der Waals surface area contributed by atoms with Gasteiger partial charge in [-0.3, -0.25) is 4.40 Å². The summed E-state index contributed by atoms with van der Waals surface area (Å²) in [6, 6.07) is 20.6. The highest BCUT2D eigenvalue weighted by Crippen LogP contribution is 2.35. The molecule has 0 saturated carbocycles. The largest absolute Gasteiger partial charge is 0.282 e. The molecule has 0 bridgehead atoms. The number of hydrogen-bond donors (Lipinski definition) is 0. The lowest BCUT2D eigenvalue weighted by Crippen LogP contribution is -1.86. The van der Waals surface area contributed by atoms with Gasteiger partial charge in [-0.05, 0) is 67.1 Å². The molecule has 0 saturated heterocycles. The van der Waals surface area contributed by atoms with E-state index >= 15 is 0 Å². The highest BCUT2D eigenvalue weighted by atomic mass is 15.2. The first-order chi connectivity index (χ1) is 13.3. The van der Waals surface area contributed by atoms with Crippen LogP contribution in [0.1, 0.15) is 23.1 Å². The lowest BCUT2D eigenvalue weighted by molar-refractivity contribution is 0.912. The van der Waals surface area contributed by atoms with Crippen LogP contribution < -0.4 is 0 Å². The number of aromatic nitrogens is 2. The number of azo groups is 1. The molecular formula is C23H20N4. The highest BCUT2D eigenvalue weighted by molar-refractivity contribution is 5.76. The molecule has 1 aliphatic carbocycles. The molecule has 0 fully saturated rings. The molecule has 0 atom stereocenters. The average molecular weight is 352 g/mol. The molecule has 0 amide bonds. The molecule has 2 aromatic heterocycles. The predicted molar refractivity (Wildman–Crippen MR) is 108 cm³/mol. The molecule has 4 aromatic rings. The molecule has 5 rings (SSSR count). The van der Waals surface area contributed by atoms with Gasteiger partial charge in [0.15, 0.2) is 5.82 Å². The van der Waals surface area contributed by atoms with Crippen LogP contribution in [0.2, 0.25) is 0 Å². The van der Waals surface area contributed by atoms with Gasteiger partial charge in [0, 0.05) is 11.8 Å². The topological polar surface area (TPSA) is 42.0 Å². The summed E-state index contributed by atoms with van der Waals surface area (Å²) in [4.78, 5) is 4.93. The second-order valence-electron chi connectivity index (χ2n) is 7.04. The summed E-state index contributed by atoms with van der Waals surface area (Å²) in [5.41, 5.74) is 7.79. The molecule has 27 heavy (non-hydrogen) atoms. The third-order valence-electron chi connectivity index (χ3n) is 5.21. The van der Waals surface area contributed by atoms with Crippen molar-refractivity contribution in [2.45, 2.75) is 26.2 Å². The Bertz CT molecular complexity index is 1160. The highest BCUT2D eigenvalue weighted by Gasteiger charge is 2.18. The smallest absolute Gasteiger partial charge is 0.187 e. The first-order valence-electron chi connectivity index (χ1n) is 9.36. The van der Waals surface area contributed by atoms with Crippen LogP contribution in [-0.2, 0) is 12.8 Å². The minimum atomic E-state index is 0.774. The van der Waals surface area contributed by atoms with Gasteiger partial charge in [0.1, 0.15) is 11.3 Å². The molecule has 0 N–H and O–H groups in total. The number of nitrogens with zero attached hydrogens (tertiary/aromatic N) is 4. The molecule has 1 aliphatic rings. The molecular weight excluding hydrogens is 332 g/mol. The van der Waals surface area contributed by atoms with Crippen molar-refractivity contribution < 1.29 is 0 Å². The zero-order valence-electron chi connectivity index (χ0n) is 15.3. The fraction of sp³-hybridized carbons (Fsp3) is 0.174. The molecule has 4 nitrogen and oxygen atoms in total. The maximum atomic E-state index is 4.93. The molecule has 2 aromatic carbocycles. The number of imidazole rings is 1. The van der Waals surface area contributed by atoms with Gasteiger partial charge in [-0.2, -0.15) is 0 Å². The summed E-state index contributed by atoms with van der Waals surface area (Å²) < 4.78 is 2.03. The van der Waals surface area contributed by atoms with Crippen LogP contribution in [0.4, 0.5) is 11.5 Å². The Hall–Kier alpha value is -3.27. The van der Waals surface area contributed by atoms with Gasteiger partial charge >= 0.3 is 0 Å². The van der Waals surface area contributed by atoms with Crippen LogP contribution in [0.15, 0.2) is 77.1 Å². The van der Waals surface area contributed by atoms with E-state index in [1.54, 1.807) is 0 Å². The van der Waals surface area contributed by atoms with Gasteiger partial charge in [-0.1, -0.05) is 36.4 Å². The van der Waals surface area contributed by atoms with Crippen molar-refractivity contribution in [2.75, 3.05) is 0 Å². The van der Waals surface area contributed by atoms with Crippen molar-refractivity contribution in [1.82, 2.24) is 9.38 Å². The van der Waals surface area contributed by atoms with Gasteiger partial charge in [-0.25, -0.2) is 4.98 Å². The Labute approximate surface area is 158 Å². The number of hydrogen-bond acceptors (Lipinski definition) is 3. The van der Waals surface area contributed by atoms with Crippen molar-refractivity contribution >= 4 is 17.2 Å². The minimum absolute atomic E-state index is 0.774. The molecule has 0 radical (unpaired) electrons. The van der Waals surface area contributed by atoms with Crippen LogP contribution in [0, 0.1) is 6.92 Å². The van der Waals surface area contributed by atoms with Gasteiger partial charge in [-0.15, -0.1) is 10.2 Å². The summed E-state index contributed by atoms with van der Waals surface area (Å²) in [6.45, 7) is 2.08. The lowest BCUT2D eigenvalue weighted by Gasteiger charge is -2.03. The number of aryl methyl sites for hydroxylation is 3. The van der Waals surface area contributed by atoms with Gasteiger partial charge < -0.3 is 0 Å². The second-order valence-corrected chi connectivity index (χ2v) is 7.04. The minimum Gasteiger partial charge on any atom is -0.282 e. The van der Waals surface area contributed by atoms with E-state index in [2.05, 4.69) is 41.4 Å². The van der Waals surface area contributed by atoms with E-state index in [1.165, 1.54) is 24.0 Å². The standard InChI is InChI=1S/C23H20N4/c1-16-7-6-14-27-22(16)24-21(19-13-12-17-8-5-9-18(17)15-19)23(27)26-25-20-10-3-2-4-11-20/h2-4,6-7,10-15H,5,8-9H2,1H3. The lowest BCUT2D eigenvalue weighted by atomic mass is 10.0. The van der Waals surface area contributed by atoms with Crippen LogP contribution in [0.3, 0.4) is 0 Å². The summed E-state index contributed by atoms with van der Waals surface area (Å²) in [7, 11) is 0. The van der Waals surface area contributed by atoms with E-state index in [1.807, 2.05) is 47.0 Å². The Morgan fingerprint density at radius 2 is 1.74 bits per heavy atom. The van der Waals surface area contributed by atoms with Gasteiger partial charge in [0.2, 0.25) is 0 Å². The third-order valence-corrected chi connectivity index (χ3v) is 5.21. The van der Waals surface area contributed by atoms with Crippen molar-refractivity contribution in [3.8, 4) is 11.3 Å². The Balaban J connectivity index is 1.69. The predicted octanol–water partition coefficient (Wildman–Crippen LogP) is 6.21. The first-order valence-corrected chi connectivity index (χ1v) is 9.36. The van der Waals surface area contributed by atoms with Gasteiger partial charge in [0.25, 0.3) is 0 Å². The number of rotatable bonds is 3. The molecule has 4 heteroatoms. The zero-order valence-corrected chi connectivity index (χ0v) is 15.3. The van der Waals surface area contributed by atoms with Gasteiger partial charge in [0.05, 0.1) is 5.69 Å². The average Bonchev–Trinajstić information content (AvgIpc) is 3.32. The molecule has 0 spiro atoms. The molecule has 0 unspecified atom stereocenters. The second kappa shape index (κ2) is 6.47. The number of pyridine rings is 1. The van der Waals surface area contributed by atoms with Crippen LogP contribution in [-0.4, -0.2) is 9.38 Å². The van der Waals surface area contributed by atoms with E-state index < -0.39 is 0 Å². The Morgan fingerprint density at radius 3 is 2.63 bits per heavy atom. The summed E-state index contributed by atoms with van der Waals surface area (Å²) in [6.07, 6.45) is 5.58. The van der Waals surface area contributed by atoms with E-state index in [4.69, 9.17) is 4.98 Å². The SMILES string of the molecule is Cc1cccn2c(N=Nc3ccccc3)c(-c3ccc4c(c3)CCC4)nc12. The maximum Gasteiger partial charge on any atom is 0.187 e. The molecule has 0 aliphatic heterocycles. The van der Waals surface area contributed by atoms with E-state index in [0.29, 0.717) is 0 Å². The molecule has 2 heterocycles. The Morgan fingerprint density at radius 1 is 0.889 bits per heavy atom. The van der Waals surface area contributed by atoms with Crippen molar-refractivity contribution in [3.63, 3.8) is 0 Å². The number of benzene rings is 2. The van der Waals surface area contributed by atoms with E-state index in [9.17, 15) is 0 Å². The fourth-order valence-corrected chi connectivity index (χ4v) is 3.80. The normalized spacial score (nSPS) is 13.5. The van der Waals surface area contributed by atoms with Crippen molar-refractivity contribution in [3.05, 3.63) is 83.6 Å². The Kier molecular flexibility index (Phi) is 3.82. The quantitative estimate of drug-likeness (QED) is 0.404. The van der Waals surface area contributed by atoms with Crippen LogP contribution in [0.25, 0.3) is 16.9 Å². The van der Waals surface area contributed by atoms with Crippen LogP contribution in [0.5, 0.6) is 0 Å². The van der Waals surface area contributed by atoms with Crippen LogP contribution >= 0.6 is 0 Å². The van der Waals surface area contributed by atoms with Crippen molar-refractivity contribution in [2.24, 2.45) is 10.2 Å². The monoisotopic (exact) mass is 352 g/mol. The van der Waals surface area contributed by atoms with E-state index in [-0.39, 0.29) is 0 Å². The summed E-state index contributed by atoms with van der Waals surface area (Å²) in [5.74, 6) is 0.774. The third kappa shape index (κ3) is 2.83.